The molecule has 2 aliphatic carbocycles. The molecule has 0 unspecified atom stereocenters. The molecule has 4 aromatic carbocycles. The minimum atomic E-state index is -5.02. The smallest absolute Gasteiger partial charge is 0.251 e. The van der Waals surface area contributed by atoms with Crippen LogP contribution in [0.5, 0.6) is 0 Å². The third-order valence-electron chi connectivity index (χ3n) is 13.3. The van der Waals surface area contributed by atoms with E-state index in [2.05, 4.69) is 6.92 Å². The first-order chi connectivity index (χ1) is 31.7. The lowest BCUT2D eigenvalue weighted by Gasteiger charge is -2.29. The maximum Gasteiger partial charge on any atom is 0.338 e. The minimum Gasteiger partial charge on any atom is -0.251 e. The molecule has 0 aliphatic heterocycles. The molecule has 0 atom stereocenters. The maximum atomic E-state index is 15.0. The molecule has 2 saturated carbocycles. The van der Waals surface area contributed by atoms with Crippen molar-refractivity contribution in [2.45, 2.75) is 153 Å². The number of hydrogen-bond donors (Lipinski definition) is 0. The summed E-state index contributed by atoms with van der Waals surface area (Å²) in [5, 5.41) is -0.123. The van der Waals surface area contributed by atoms with Gasteiger partial charge in [0.05, 0.1) is 22.8 Å². The predicted octanol–water partition coefficient (Wildman–Crippen LogP) is 19.0. The van der Waals surface area contributed by atoms with Gasteiger partial charge in [-0.15, -0.1) is 0 Å². The van der Waals surface area contributed by atoms with E-state index in [-0.39, 0.29) is 40.2 Å². The van der Waals surface area contributed by atoms with Gasteiger partial charge in [0.1, 0.15) is 34.9 Å². The molecule has 6 rings (SSSR count). The summed E-state index contributed by atoms with van der Waals surface area (Å²) in [5.74, 6) is -17.6. The van der Waals surface area contributed by atoms with Crippen LogP contribution in [0.4, 0.5) is 65.9 Å². The second kappa shape index (κ2) is 24.1. The van der Waals surface area contributed by atoms with Gasteiger partial charge in [0.15, 0.2) is 0 Å². The van der Waals surface area contributed by atoms with Crippen LogP contribution in [0.25, 0.3) is 22.3 Å². The molecule has 0 heterocycles. The molecule has 2 fully saturated rings. The zero-order chi connectivity index (χ0) is 49.2. The summed E-state index contributed by atoms with van der Waals surface area (Å²) in [4.78, 5) is 0. The Morgan fingerprint density at radius 1 is 0.507 bits per heavy atom. The largest absolute Gasteiger partial charge is 0.338 e. The number of unbranched alkanes of at least 4 members (excludes halogenated alkanes) is 5. The van der Waals surface area contributed by atoms with E-state index in [4.69, 9.17) is 11.6 Å². The Morgan fingerprint density at radius 3 is 1.37 bits per heavy atom. The third-order valence-corrected chi connectivity index (χ3v) is 13.6. The first kappa shape index (κ1) is 54.1. The molecular formula is C51H54ClF15. The van der Waals surface area contributed by atoms with E-state index in [0.29, 0.717) is 48.1 Å². The van der Waals surface area contributed by atoms with Gasteiger partial charge in [0.2, 0.25) is 0 Å². The van der Waals surface area contributed by atoms with Crippen molar-refractivity contribution < 1.29 is 65.9 Å². The van der Waals surface area contributed by atoms with Gasteiger partial charge < -0.3 is 0 Å². The molecule has 0 N–H and O–H groups in total. The molecule has 370 valence electrons. The Labute approximate surface area is 386 Å². The van der Waals surface area contributed by atoms with E-state index in [1.165, 1.54) is 49.9 Å². The van der Waals surface area contributed by atoms with Crippen molar-refractivity contribution in [2.75, 3.05) is 6.67 Å². The van der Waals surface area contributed by atoms with Crippen LogP contribution < -0.4 is 0 Å². The summed E-state index contributed by atoms with van der Waals surface area (Å²) in [6.07, 6.45) is 8.53. The summed E-state index contributed by atoms with van der Waals surface area (Å²) in [5.41, 5.74) is -3.99. The standard InChI is InChI=1S/C26H28F8.C25H26ClF7/c27-12-4-2-1-3-5-16-6-8-17(9-7-16)18-10-11-20(21(28)13-18)19-14-22(29)24(23(30)15-19)26(33,34)25(31)32;1-2-3-4-5-14-6-8-15(9-7-14)16-10-18(26)22(19(27)11-16)17-12-20(28)23(21(29)13-17)25(32,33)24(30)31/h10-11,13-17,25H,1-9,12H2;10-15,24H,2-9H2,1H3. The molecule has 0 nitrogen and oxygen atoms in total. The highest BCUT2D eigenvalue weighted by atomic mass is 35.5. The average molecular weight is 987 g/mol. The van der Waals surface area contributed by atoms with Crippen molar-refractivity contribution in [1.29, 1.82) is 0 Å². The molecule has 67 heavy (non-hydrogen) atoms. The fraction of sp³-hybridized carbons (Fsp3) is 0.529. The Morgan fingerprint density at radius 2 is 0.940 bits per heavy atom. The maximum absolute atomic E-state index is 15.0. The molecule has 0 aromatic heterocycles. The fourth-order valence-corrected chi connectivity index (χ4v) is 9.88. The number of benzene rings is 4. The lowest BCUT2D eigenvalue weighted by Crippen LogP contribution is -2.26. The first-order valence-electron chi connectivity index (χ1n) is 22.9. The molecular weight excluding hydrogens is 933 g/mol. The number of alkyl halides is 9. The van der Waals surface area contributed by atoms with Crippen LogP contribution in [0.15, 0.2) is 54.6 Å². The second-order valence-corrected chi connectivity index (χ2v) is 18.3. The summed E-state index contributed by atoms with van der Waals surface area (Å²) >= 11 is 6.23. The van der Waals surface area contributed by atoms with E-state index >= 15 is 0 Å². The Hall–Kier alpha value is -3.88. The van der Waals surface area contributed by atoms with E-state index in [1.54, 1.807) is 6.07 Å². The van der Waals surface area contributed by atoms with Crippen molar-refractivity contribution in [3.05, 3.63) is 117 Å². The van der Waals surface area contributed by atoms with Crippen LogP contribution in [-0.4, -0.2) is 19.5 Å². The normalized spacial score (nSPS) is 19.2. The van der Waals surface area contributed by atoms with Crippen LogP contribution in [0.1, 0.15) is 150 Å². The van der Waals surface area contributed by atoms with Crippen LogP contribution >= 0.6 is 11.6 Å². The van der Waals surface area contributed by atoms with Crippen LogP contribution in [0.2, 0.25) is 5.02 Å². The Bertz CT molecular complexity index is 2160. The second-order valence-electron chi connectivity index (χ2n) is 17.9. The van der Waals surface area contributed by atoms with Gasteiger partial charge in [-0.2, -0.15) is 17.6 Å². The monoisotopic (exact) mass is 986 g/mol. The van der Waals surface area contributed by atoms with E-state index in [0.717, 1.165) is 82.6 Å². The summed E-state index contributed by atoms with van der Waals surface area (Å²) in [6, 6.07) is 8.76. The zero-order valence-corrected chi connectivity index (χ0v) is 37.7. The SMILES string of the molecule is CCCCCC1CCC(c2cc(F)c(-c3cc(F)c(C(F)(F)C(F)F)c(F)c3)c(Cl)c2)CC1.FCCCCCCC1CCC(c2ccc(-c3cc(F)c(C(F)(F)C(F)F)c(F)c3)c(F)c2)CC1. The van der Waals surface area contributed by atoms with Gasteiger partial charge in [0.25, 0.3) is 0 Å². The third kappa shape index (κ3) is 13.5. The summed E-state index contributed by atoms with van der Waals surface area (Å²) < 4.78 is 203. The van der Waals surface area contributed by atoms with Crippen molar-refractivity contribution in [3.63, 3.8) is 0 Å². The molecule has 0 saturated heterocycles. The predicted molar refractivity (Wildman–Crippen MR) is 231 cm³/mol. The Kier molecular flexibility index (Phi) is 19.5. The molecule has 4 aromatic rings. The first-order valence-corrected chi connectivity index (χ1v) is 23.2. The molecule has 0 radical (unpaired) electrons. The van der Waals surface area contributed by atoms with Gasteiger partial charge in [-0.1, -0.05) is 82.0 Å². The highest BCUT2D eigenvalue weighted by molar-refractivity contribution is 6.33. The number of halogens is 16. The highest BCUT2D eigenvalue weighted by Gasteiger charge is 2.48. The fourth-order valence-electron chi connectivity index (χ4n) is 9.56. The summed E-state index contributed by atoms with van der Waals surface area (Å²) in [7, 11) is 0. The summed E-state index contributed by atoms with van der Waals surface area (Å²) in [6.45, 7) is 1.89. The lowest BCUT2D eigenvalue weighted by molar-refractivity contribution is -0.139. The van der Waals surface area contributed by atoms with Gasteiger partial charge in [-0.05, 0) is 146 Å². The number of hydrogen-bond acceptors (Lipinski definition) is 0. The quantitative estimate of drug-likeness (QED) is 0.0688. The van der Waals surface area contributed by atoms with Crippen molar-refractivity contribution >= 4 is 11.6 Å². The van der Waals surface area contributed by atoms with Gasteiger partial charge >= 0.3 is 24.7 Å². The van der Waals surface area contributed by atoms with Crippen LogP contribution in [0.3, 0.4) is 0 Å². The van der Waals surface area contributed by atoms with E-state index < -0.39 is 76.3 Å². The lowest BCUT2D eigenvalue weighted by atomic mass is 9.77. The van der Waals surface area contributed by atoms with Gasteiger partial charge in [-0.25, -0.2) is 43.9 Å². The molecule has 0 bridgehead atoms. The molecule has 0 spiro atoms. The zero-order valence-electron chi connectivity index (χ0n) is 36.9. The van der Waals surface area contributed by atoms with Gasteiger partial charge in [0, 0.05) is 11.1 Å². The van der Waals surface area contributed by atoms with Crippen molar-refractivity contribution in [2.24, 2.45) is 11.8 Å². The van der Waals surface area contributed by atoms with Crippen molar-refractivity contribution in [1.82, 2.24) is 0 Å². The van der Waals surface area contributed by atoms with Crippen molar-refractivity contribution in [3.8, 4) is 22.3 Å². The van der Waals surface area contributed by atoms with Gasteiger partial charge in [-0.3, -0.25) is 4.39 Å². The molecule has 2 aliphatic rings. The highest BCUT2D eigenvalue weighted by Crippen LogP contribution is 2.45. The van der Waals surface area contributed by atoms with E-state index in [1.807, 2.05) is 0 Å². The minimum absolute atomic E-state index is 0.106. The molecule has 16 heteroatoms. The topological polar surface area (TPSA) is 0 Å². The Balaban J connectivity index is 0.000000251. The molecule has 0 amide bonds. The average Bonchev–Trinajstić information content (AvgIpc) is 3.26. The van der Waals surface area contributed by atoms with Crippen LogP contribution in [-0.2, 0) is 11.8 Å². The van der Waals surface area contributed by atoms with Crippen LogP contribution in [0, 0.1) is 46.7 Å². The van der Waals surface area contributed by atoms with E-state index in [9.17, 15) is 65.9 Å². The number of rotatable bonds is 18.